The Morgan fingerprint density at radius 3 is 2.65 bits per heavy atom. The van der Waals surface area contributed by atoms with Crippen LogP contribution in [0.2, 0.25) is 0 Å². The molecule has 0 aliphatic heterocycles. The summed E-state index contributed by atoms with van der Waals surface area (Å²) in [5.41, 5.74) is 4.68. The molecule has 0 fully saturated rings. The lowest BCUT2D eigenvalue weighted by Gasteiger charge is -2.08. The van der Waals surface area contributed by atoms with Gasteiger partial charge in [0, 0.05) is 10.2 Å². The summed E-state index contributed by atoms with van der Waals surface area (Å²) in [4.78, 5) is 4.28. The third-order valence-corrected chi connectivity index (χ3v) is 3.20. The maximum Gasteiger partial charge on any atom is 0.142 e. The number of rotatable bonds is 3. The normalized spacial score (nSPS) is 10.1. The molecule has 0 spiro atoms. The standard InChI is InChI=1S/C12H13BrN4/c1-8-5-6-9(7-10(8)13)15-11-3-2-4-12(16-11)17-14/h2-7H,14H2,1H3,(H2,15,16,17). The Labute approximate surface area is 108 Å². The molecule has 0 radical (unpaired) electrons. The summed E-state index contributed by atoms with van der Waals surface area (Å²) in [6, 6.07) is 11.6. The van der Waals surface area contributed by atoms with Gasteiger partial charge in [0.2, 0.25) is 0 Å². The molecule has 1 aromatic heterocycles. The molecule has 2 rings (SSSR count). The number of hydrogen-bond donors (Lipinski definition) is 3. The highest BCUT2D eigenvalue weighted by molar-refractivity contribution is 9.10. The lowest BCUT2D eigenvalue weighted by atomic mass is 10.2. The van der Waals surface area contributed by atoms with Gasteiger partial charge in [-0.2, -0.15) is 0 Å². The summed E-state index contributed by atoms with van der Waals surface area (Å²) in [5, 5.41) is 3.21. The zero-order chi connectivity index (χ0) is 12.3. The van der Waals surface area contributed by atoms with Gasteiger partial charge in [-0.05, 0) is 36.8 Å². The molecule has 2 aromatic rings. The van der Waals surface area contributed by atoms with E-state index in [0.29, 0.717) is 5.82 Å². The molecule has 4 nitrogen and oxygen atoms in total. The van der Waals surface area contributed by atoms with Crippen LogP contribution in [-0.2, 0) is 0 Å². The minimum Gasteiger partial charge on any atom is -0.340 e. The molecule has 0 amide bonds. The first-order valence-corrected chi connectivity index (χ1v) is 5.95. The van der Waals surface area contributed by atoms with Gasteiger partial charge >= 0.3 is 0 Å². The molecule has 0 atom stereocenters. The minimum absolute atomic E-state index is 0.626. The smallest absolute Gasteiger partial charge is 0.142 e. The average molecular weight is 293 g/mol. The number of halogens is 1. The quantitative estimate of drug-likeness (QED) is 0.601. The van der Waals surface area contributed by atoms with Gasteiger partial charge in [0.05, 0.1) is 0 Å². The van der Waals surface area contributed by atoms with Gasteiger partial charge in [-0.3, -0.25) is 0 Å². The predicted octanol–water partition coefficient (Wildman–Crippen LogP) is 3.18. The van der Waals surface area contributed by atoms with Gasteiger partial charge in [-0.25, -0.2) is 10.8 Å². The molecule has 0 unspecified atom stereocenters. The van der Waals surface area contributed by atoms with Gasteiger partial charge in [0.1, 0.15) is 11.6 Å². The lowest BCUT2D eigenvalue weighted by molar-refractivity contribution is 1.22. The van der Waals surface area contributed by atoms with E-state index in [9.17, 15) is 0 Å². The van der Waals surface area contributed by atoms with E-state index in [1.165, 1.54) is 5.56 Å². The Balaban J connectivity index is 2.22. The molecule has 1 aromatic carbocycles. The highest BCUT2D eigenvalue weighted by Crippen LogP contribution is 2.23. The molecular weight excluding hydrogens is 280 g/mol. The monoisotopic (exact) mass is 292 g/mol. The van der Waals surface area contributed by atoms with Crippen molar-refractivity contribution >= 4 is 33.3 Å². The maximum absolute atomic E-state index is 5.31. The summed E-state index contributed by atoms with van der Waals surface area (Å²) in [6.45, 7) is 2.05. The van der Waals surface area contributed by atoms with Crippen LogP contribution >= 0.6 is 15.9 Å². The molecule has 0 saturated carbocycles. The molecule has 4 N–H and O–H groups in total. The molecule has 1 heterocycles. The van der Waals surface area contributed by atoms with Crippen molar-refractivity contribution in [2.75, 3.05) is 10.7 Å². The average Bonchev–Trinajstić information content (AvgIpc) is 2.34. The highest BCUT2D eigenvalue weighted by Gasteiger charge is 2.00. The second kappa shape index (κ2) is 5.16. The third-order valence-electron chi connectivity index (χ3n) is 2.34. The second-order valence-corrected chi connectivity index (χ2v) is 4.50. The van der Waals surface area contributed by atoms with Gasteiger partial charge in [-0.1, -0.05) is 28.1 Å². The molecule has 88 valence electrons. The van der Waals surface area contributed by atoms with Crippen LogP contribution in [0.15, 0.2) is 40.9 Å². The van der Waals surface area contributed by atoms with Crippen molar-refractivity contribution in [3.05, 3.63) is 46.4 Å². The fourth-order valence-electron chi connectivity index (χ4n) is 1.40. The number of pyridine rings is 1. The van der Waals surface area contributed by atoms with Crippen molar-refractivity contribution in [2.45, 2.75) is 6.92 Å². The number of nitrogens with zero attached hydrogens (tertiary/aromatic N) is 1. The van der Waals surface area contributed by atoms with Crippen LogP contribution in [0, 0.1) is 6.92 Å². The maximum atomic E-state index is 5.31. The largest absolute Gasteiger partial charge is 0.340 e. The zero-order valence-corrected chi connectivity index (χ0v) is 11.0. The van der Waals surface area contributed by atoms with Crippen molar-refractivity contribution in [1.29, 1.82) is 0 Å². The fourth-order valence-corrected chi connectivity index (χ4v) is 1.78. The summed E-state index contributed by atoms with van der Waals surface area (Å²) in [6.07, 6.45) is 0. The Morgan fingerprint density at radius 1 is 1.18 bits per heavy atom. The molecule has 0 aliphatic rings. The number of aromatic nitrogens is 1. The summed E-state index contributed by atoms with van der Waals surface area (Å²) in [7, 11) is 0. The predicted molar refractivity (Wildman–Crippen MR) is 74.2 cm³/mol. The third kappa shape index (κ3) is 2.95. The van der Waals surface area contributed by atoms with E-state index in [1.807, 2.05) is 37.3 Å². The molecule has 0 bridgehead atoms. The second-order valence-electron chi connectivity index (χ2n) is 3.64. The highest BCUT2D eigenvalue weighted by atomic mass is 79.9. The van der Waals surface area contributed by atoms with Crippen molar-refractivity contribution in [3.8, 4) is 0 Å². The van der Waals surface area contributed by atoms with Gasteiger partial charge in [0.15, 0.2) is 0 Å². The van der Waals surface area contributed by atoms with Crippen LogP contribution in [-0.4, -0.2) is 4.98 Å². The van der Waals surface area contributed by atoms with Crippen LogP contribution in [0.25, 0.3) is 0 Å². The number of hydrazine groups is 1. The van der Waals surface area contributed by atoms with Crippen LogP contribution in [0.3, 0.4) is 0 Å². The SMILES string of the molecule is Cc1ccc(Nc2cccc(NN)n2)cc1Br. The summed E-state index contributed by atoms with van der Waals surface area (Å²) in [5.74, 6) is 6.68. The van der Waals surface area contributed by atoms with E-state index in [2.05, 4.69) is 31.7 Å². The van der Waals surface area contributed by atoms with E-state index in [0.717, 1.165) is 16.0 Å². The van der Waals surface area contributed by atoms with Crippen LogP contribution in [0.4, 0.5) is 17.3 Å². The molecule has 5 heteroatoms. The Bertz CT molecular complexity index is 528. The number of nitrogens with two attached hydrogens (primary N) is 1. The van der Waals surface area contributed by atoms with E-state index < -0.39 is 0 Å². The van der Waals surface area contributed by atoms with E-state index in [-0.39, 0.29) is 0 Å². The first-order chi connectivity index (χ1) is 8.19. The van der Waals surface area contributed by atoms with E-state index in [1.54, 1.807) is 6.07 Å². The van der Waals surface area contributed by atoms with Crippen LogP contribution in [0.5, 0.6) is 0 Å². The van der Waals surface area contributed by atoms with Gasteiger partial charge < -0.3 is 10.7 Å². The Kier molecular flexibility index (Phi) is 3.61. The van der Waals surface area contributed by atoms with Crippen molar-refractivity contribution < 1.29 is 0 Å². The van der Waals surface area contributed by atoms with E-state index in [4.69, 9.17) is 5.84 Å². The topological polar surface area (TPSA) is 63.0 Å². The van der Waals surface area contributed by atoms with Crippen molar-refractivity contribution in [2.24, 2.45) is 5.84 Å². The molecular formula is C12H13BrN4. The number of benzene rings is 1. The summed E-state index contributed by atoms with van der Waals surface area (Å²) >= 11 is 3.49. The first-order valence-electron chi connectivity index (χ1n) is 5.16. The van der Waals surface area contributed by atoms with Gasteiger partial charge in [0.25, 0.3) is 0 Å². The Hall–Kier alpha value is -1.59. The summed E-state index contributed by atoms with van der Waals surface area (Å²) < 4.78 is 1.07. The van der Waals surface area contributed by atoms with Gasteiger partial charge in [-0.15, -0.1) is 0 Å². The van der Waals surface area contributed by atoms with E-state index >= 15 is 0 Å². The van der Waals surface area contributed by atoms with Crippen molar-refractivity contribution in [3.63, 3.8) is 0 Å². The number of anilines is 3. The Morgan fingerprint density at radius 2 is 1.94 bits per heavy atom. The number of nitrogen functional groups attached to an aromatic ring is 1. The van der Waals surface area contributed by atoms with Crippen LogP contribution < -0.4 is 16.6 Å². The van der Waals surface area contributed by atoms with Crippen LogP contribution in [0.1, 0.15) is 5.56 Å². The minimum atomic E-state index is 0.626. The molecule has 0 aliphatic carbocycles. The fraction of sp³-hybridized carbons (Fsp3) is 0.0833. The first kappa shape index (κ1) is 11.9. The molecule has 17 heavy (non-hydrogen) atoms. The zero-order valence-electron chi connectivity index (χ0n) is 9.37. The number of aryl methyl sites for hydroxylation is 1. The number of hydrogen-bond acceptors (Lipinski definition) is 4. The lowest BCUT2D eigenvalue weighted by Crippen LogP contribution is -2.08. The van der Waals surface area contributed by atoms with Crippen molar-refractivity contribution in [1.82, 2.24) is 4.98 Å². The molecule has 0 saturated heterocycles. The number of nitrogens with one attached hydrogen (secondary N) is 2.